The first-order chi connectivity index (χ1) is 6.99. The first-order valence-electron chi connectivity index (χ1n) is 4.89. The van der Waals surface area contributed by atoms with Gasteiger partial charge in [-0.25, -0.2) is 9.59 Å². The van der Waals surface area contributed by atoms with E-state index in [0.717, 1.165) is 0 Å². The summed E-state index contributed by atoms with van der Waals surface area (Å²) in [6.45, 7) is 5.48. The molecule has 0 unspecified atom stereocenters. The minimum absolute atomic E-state index is 0.0634. The van der Waals surface area contributed by atoms with Gasteiger partial charge in [-0.05, 0) is 12.3 Å². The Morgan fingerprint density at radius 1 is 1.07 bits per heavy atom. The molecule has 4 nitrogen and oxygen atoms in total. The van der Waals surface area contributed by atoms with Gasteiger partial charge >= 0.3 is 11.9 Å². The smallest absolute Gasteiger partial charge is 0.334 e. The Morgan fingerprint density at radius 2 is 1.53 bits per heavy atom. The zero-order valence-corrected chi connectivity index (χ0v) is 9.92. The molecule has 0 aliphatic heterocycles. The van der Waals surface area contributed by atoms with Crippen molar-refractivity contribution in [3.63, 3.8) is 0 Å². The number of hydrogen-bond donors (Lipinski definition) is 0. The molecule has 0 aliphatic rings. The fraction of sp³-hybridized carbons (Fsp3) is 0.636. The lowest BCUT2D eigenvalue weighted by Gasteiger charge is -2.13. The van der Waals surface area contributed by atoms with E-state index in [9.17, 15) is 9.59 Å². The number of hydrogen-bond acceptors (Lipinski definition) is 4. The van der Waals surface area contributed by atoms with E-state index in [2.05, 4.69) is 9.47 Å². The molecule has 0 N–H and O–H groups in total. The fourth-order valence-electron chi connectivity index (χ4n) is 1.39. The van der Waals surface area contributed by atoms with Crippen molar-refractivity contribution >= 4 is 11.9 Å². The van der Waals surface area contributed by atoms with E-state index in [4.69, 9.17) is 0 Å². The first-order valence-corrected chi connectivity index (χ1v) is 4.89. The number of ether oxygens (including phenoxy) is 2. The van der Waals surface area contributed by atoms with Gasteiger partial charge in [0.15, 0.2) is 0 Å². The summed E-state index contributed by atoms with van der Waals surface area (Å²) >= 11 is 0. The Morgan fingerprint density at radius 3 is 1.80 bits per heavy atom. The van der Waals surface area contributed by atoms with Crippen molar-refractivity contribution in [2.45, 2.75) is 27.2 Å². The van der Waals surface area contributed by atoms with Crippen LogP contribution in [0.4, 0.5) is 0 Å². The minimum Gasteiger partial charge on any atom is -0.466 e. The maximum Gasteiger partial charge on any atom is 0.334 e. The van der Waals surface area contributed by atoms with E-state index in [-0.39, 0.29) is 5.92 Å². The van der Waals surface area contributed by atoms with Crippen LogP contribution in [0.1, 0.15) is 27.2 Å². The molecule has 0 aromatic heterocycles. The molecule has 0 saturated carbocycles. The van der Waals surface area contributed by atoms with E-state index >= 15 is 0 Å². The Kier molecular flexibility index (Phi) is 5.67. The van der Waals surface area contributed by atoms with Gasteiger partial charge in [-0.15, -0.1) is 0 Å². The quantitative estimate of drug-likeness (QED) is 0.528. The molecule has 0 radical (unpaired) electrons. The molecule has 15 heavy (non-hydrogen) atoms. The van der Waals surface area contributed by atoms with Gasteiger partial charge in [0.2, 0.25) is 0 Å². The van der Waals surface area contributed by atoms with E-state index < -0.39 is 11.9 Å². The molecule has 0 fully saturated rings. The van der Waals surface area contributed by atoms with Gasteiger partial charge in [0.25, 0.3) is 0 Å². The molecule has 0 amide bonds. The second-order valence-electron chi connectivity index (χ2n) is 3.38. The third-order valence-corrected chi connectivity index (χ3v) is 2.09. The highest BCUT2D eigenvalue weighted by Gasteiger charge is 2.23. The molecule has 0 atom stereocenters. The van der Waals surface area contributed by atoms with Gasteiger partial charge in [-0.3, -0.25) is 0 Å². The molecule has 4 heteroatoms. The molecule has 0 aromatic rings. The molecule has 0 aliphatic carbocycles. The lowest BCUT2D eigenvalue weighted by atomic mass is 9.95. The summed E-state index contributed by atoms with van der Waals surface area (Å²) in [6.07, 6.45) is 0.454. The highest BCUT2D eigenvalue weighted by Crippen LogP contribution is 2.20. The van der Waals surface area contributed by atoms with E-state index in [0.29, 0.717) is 17.6 Å². The van der Waals surface area contributed by atoms with Gasteiger partial charge in [0, 0.05) is 5.57 Å². The summed E-state index contributed by atoms with van der Waals surface area (Å²) in [4.78, 5) is 22.9. The van der Waals surface area contributed by atoms with Crippen LogP contribution in [0.15, 0.2) is 11.1 Å². The Balaban J connectivity index is 5.37. The first kappa shape index (κ1) is 13.7. The number of methoxy groups -OCH3 is 2. The average Bonchev–Trinajstić information content (AvgIpc) is 2.22. The van der Waals surface area contributed by atoms with Crippen LogP contribution in [0.2, 0.25) is 0 Å². The van der Waals surface area contributed by atoms with E-state index in [1.54, 1.807) is 6.92 Å². The van der Waals surface area contributed by atoms with Crippen molar-refractivity contribution in [1.82, 2.24) is 0 Å². The van der Waals surface area contributed by atoms with Crippen LogP contribution in [0.25, 0.3) is 0 Å². The fourth-order valence-corrected chi connectivity index (χ4v) is 1.39. The molecule has 0 aromatic carbocycles. The van der Waals surface area contributed by atoms with Crippen LogP contribution >= 0.6 is 0 Å². The summed E-state index contributed by atoms with van der Waals surface area (Å²) in [5.74, 6) is -0.995. The summed E-state index contributed by atoms with van der Waals surface area (Å²) in [7, 11) is 2.60. The molecule has 0 rings (SSSR count). The topological polar surface area (TPSA) is 52.6 Å². The van der Waals surface area contributed by atoms with Crippen LogP contribution in [-0.4, -0.2) is 26.2 Å². The van der Waals surface area contributed by atoms with Crippen LogP contribution in [0, 0.1) is 5.92 Å². The zero-order chi connectivity index (χ0) is 12.0. The van der Waals surface area contributed by atoms with Gasteiger partial charge in [0.1, 0.15) is 0 Å². The third kappa shape index (κ3) is 3.38. The molecule has 0 spiro atoms. The van der Waals surface area contributed by atoms with Gasteiger partial charge in [0.05, 0.1) is 19.8 Å². The van der Waals surface area contributed by atoms with Gasteiger partial charge < -0.3 is 9.47 Å². The van der Waals surface area contributed by atoms with Crippen molar-refractivity contribution in [2.75, 3.05) is 14.2 Å². The van der Waals surface area contributed by atoms with Crippen molar-refractivity contribution in [3.05, 3.63) is 11.1 Å². The summed E-state index contributed by atoms with van der Waals surface area (Å²) in [5, 5.41) is 0. The standard InChI is InChI=1S/C11H18O4/c1-6-8(10(12)14-4)9(7(2)3)11(13)15-5/h7H,6H2,1-5H3/b9-8-. The molecular weight excluding hydrogens is 196 g/mol. The SMILES string of the molecule is CC/C(C(=O)OC)=C(/C(=O)OC)C(C)C. The van der Waals surface area contributed by atoms with Crippen LogP contribution in [-0.2, 0) is 19.1 Å². The van der Waals surface area contributed by atoms with Crippen LogP contribution < -0.4 is 0 Å². The van der Waals surface area contributed by atoms with Crippen LogP contribution in [0.5, 0.6) is 0 Å². The lowest BCUT2D eigenvalue weighted by Crippen LogP contribution is -2.18. The third-order valence-electron chi connectivity index (χ3n) is 2.09. The van der Waals surface area contributed by atoms with Crippen molar-refractivity contribution in [2.24, 2.45) is 5.92 Å². The molecule has 0 bridgehead atoms. The zero-order valence-electron chi connectivity index (χ0n) is 9.92. The maximum atomic E-state index is 11.5. The molecule has 86 valence electrons. The Hall–Kier alpha value is -1.32. The molecule has 0 saturated heterocycles. The van der Waals surface area contributed by atoms with Crippen molar-refractivity contribution in [1.29, 1.82) is 0 Å². The second-order valence-corrected chi connectivity index (χ2v) is 3.38. The average molecular weight is 214 g/mol. The number of rotatable bonds is 4. The van der Waals surface area contributed by atoms with E-state index in [1.165, 1.54) is 14.2 Å². The Bertz CT molecular complexity index is 276. The predicted molar refractivity (Wildman–Crippen MR) is 56.2 cm³/mol. The maximum absolute atomic E-state index is 11.5. The van der Waals surface area contributed by atoms with Gasteiger partial charge in [-0.1, -0.05) is 20.8 Å². The number of esters is 2. The lowest BCUT2D eigenvalue weighted by molar-refractivity contribution is -0.139. The largest absolute Gasteiger partial charge is 0.466 e. The summed E-state index contributed by atoms with van der Waals surface area (Å²) < 4.78 is 9.27. The molecule has 0 heterocycles. The highest BCUT2D eigenvalue weighted by atomic mass is 16.5. The predicted octanol–water partition coefficient (Wildman–Crippen LogP) is 1.70. The monoisotopic (exact) mass is 214 g/mol. The Labute approximate surface area is 90.2 Å². The van der Waals surface area contributed by atoms with Gasteiger partial charge in [-0.2, -0.15) is 0 Å². The highest BCUT2D eigenvalue weighted by molar-refractivity contribution is 6.00. The van der Waals surface area contributed by atoms with Crippen molar-refractivity contribution in [3.8, 4) is 0 Å². The van der Waals surface area contributed by atoms with Crippen LogP contribution in [0.3, 0.4) is 0 Å². The number of carbonyl (C=O) groups excluding carboxylic acids is 2. The second kappa shape index (κ2) is 6.22. The normalized spacial score (nSPS) is 12.1. The summed E-state index contributed by atoms with van der Waals surface area (Å²) in [5.41, 5.74) is 0.784. The van der Waals surface area contributed by atoms with E-state index in [1.807, 2.05) is 13.8 Å². The number of carbonyl (C=O) groups is 2. The molecular formula is C11H18O4. The van der Waals surface area contributed by atoms with Crippen molar-refractivity contribution < 1.29 is 19.1 Å². The minimum atomic E-state index is -0.466. The summed E-state index contributed by atoms with van der Waals surface area (Å²) in [6, 6.07) is 0.